The van der Waals surface area contributed by atoms with Crippen molar-refractivity contribution in [1.82, 2.24) is 10.2 Å². The summed E-state index contributed by atoms with van der Waals surface area (Å²) in [5, 5.41) is 3.33. The third kappa shape index (κ3) is 7.67. The standard InChI is InChI=1S/C15H24ClN3O3S/c1-18(2)11-4-10-17-15(20)9-12-19(23(3,21)22)14-7-5-13(16)6-8-14/h5-8H,4,9-12H2,1-3H3,(H,17,20). The van der Waals surface area contributed by atoms with E-state index in [4.69, 9.17) is 11.6 Å². The van der Waals surface area contributed by atoms with E-state index in [0.29, 0.717) is 17.3 Å². The lowest BCUT2D eigenvalue weighted by Crippen LogP contribution is -2.35. The number of rotatable bonds is 9. The minimum atomic E-state index is -3.46. The maximum absolute atomic E-state index is 11.9. The van der Waals surface area contributed by atoms with Crippen molar-refractivity contribution in [2.24, 2.45) is 0 Å². The van der Waals surface area contributed by atoms with Gasteiger partial charge in [-0.1, -0.05) is 11.6 Å². The Labute approximate surface area is 143 Å². The van der Waals surface area contributed by atoms with Crippen LogP contribution in [0.15, 0.2) is 24.3 Å². The summed E-state index contributed by atoms with van der Waals surface area (Å²) < 4.78 is 25.1. The fourth-order valence-electron chi connectivity index (χ4n) is 2.01. The zero-order valence-corrected chi connectivity index (χ0v) is 15.3. The van der Waals surface area contributed by atoms with Crippen molar-refractivity contribution in [3.05, 3.63) is 29.3 Å². The van der Waals surface area contributed by atoms with Crippen molar-refractivity contribution < 1.29 is 13.2 Å². The van der Waals surface area contributed by atoms with Crippen LogP contribution in [0.4, 0.5) is 5.69 Å². The lowest BCUT2D eigenvalue weighted by molar-refractivity contribution is -0.120. The molecule has 0 unspecified atom stereocenters. The van der Waals surface area contributed by atoms with Gasteiger partial charge in [0, 0.05) is 24.5 Å². The van der Waals surface area contributed by atoms with Crippen LogP contribution < -0.4 is 9.62 Å². The van der Waals surface area contributed by atoms with Gasteiger partial charge in [0.15, 0.2) is 0 Å². The number of hydrogen-bond acceptors (Lipinski definition) is 4. The quantitative estimate of drug-likeness (QED) is 0.678. The van der Waals surface area contributed by atoms with Crippen molar-refractivity contribution >= 4 is 33.2 Å². The number of sulfonamides is 1. The van der Waals surface area contributed by atoms with Crippen LogP contribution in [-0.2, 0) is 14.8 Å². The third-order valence-electron chi connectivity index (χ3n) is 3.16. The number of halogens is 1. The van der Waals surface area contributed by atoms with Gasteiger partial charge in [0.2, 0.25) is 15.9 Å². The average molecular weight is 362 g/mol. The Hall–Kier alpha value is -1.31. The fourth-order valence-corrected chi connectivity index (χ4v) is 3.06. The Balaban J connectivity index is 2.56. The molecule has 0 heterocycles. The summed E-state index contributed by atoms with van der Waals surface area (Å²) >= 11 is 5.82. The highest BCUT2D eigenvalue weighted by Crippen LogP contribution is 2.20. The second kappa shape index (κ2) is 9.10. The molecular weight excluding hydrogens is 338 g/mol. The molecule has 0 aromatic heterocycles. The maximum Gasteiger partial charge on any atom is 0.232 e. The molecule has 1 aromatic carbocycles. The Morgan fingerprint density at radius 2 is 1.78 bits per heavy atom. The van der Waals surface area contributed by atoms with Crippen LogP contribution in [0, 0.1) is 0 Å². The number of carbonyl (C=O) groups is 1. The first-order valence-corrected chi connectivity index (χ1v) is 9.57. The van der Waals surface area contributed by atoms with E-state index in [-0.39, 0.29) is 18.9 Å². The minimum absolute atomic E-state index is 0.0972. The smallest absolute Gasteiger partial charge is 0.232 e. The molecule has 8 heteroatoms. The van der Waals surface area contributed by atoms with E-state index in [0.717, 1.165) is 19.2 Å². The molecule has 0 atom stereocenters. The van der Waals surface area contributed by atoms with E-state index in [2.05, 4.69) is 5.32 Å². The molecule has 23 heavy (non-hydrogen) atoms. The van der Waals surface area contributed by atoms with Crippen LogP contribution in [0.1, 0.15) is 12.8 Å². The molecule has 1 rings (SSSR count). The highest BCUT2D eigenvalue weighted by Gasteiger charge is 2.18. The Morgan fingerprint density at radius 3 is 2.30 bits per heavy atom. The number of hydrogen-bond donors (Lipinski definition) is 1. The summed E-state index contributed by atoms with van der Waals surface area (Å²) in [7, 11) is 0.481. The SMILES string of the molecule is CN(C)CCCNC(=O)CCN(c1ccc(Cl)cc1)S(C)(=O)=O. The number of anilines is 1. The summed E-state index contributed by atoms with van der Waals surface area (Å²) in [6.07, 6.45) is 2.08. The minimum Gasteiger partial charge on any atom is -0.356 e. The lowest BCUT2D eigenvalue weighted by atomic mass is 10.3. The molecule has 0 aliphatic heterocycles. The van der Waals surface area contributed by atoms with Crippen molar-refractivity contribution in [2.45, 2.75) is 12.8 Å². The predicted molar refractivity (Wildman–Crippen MR) is 94.4 cm³/mol. The summed E-state index contributed by atoms with van der Waals surface area (Å²) in [6.45, 7) is 1.57. The van der Waals surface area contributed by atoms with Gasteiger partial charge in [-0.15, -0.1) is 0 Å². The second-order valence-corrected chi connectivity index (χ2v) is 7.91. The first kappa shape index (κ1) is 19.7. The van der Waals surface area contributed by atoms with Crippen LogP contribution in [-0.4, -0.2) is 59.2 Å². The summed E-state index contributed by atoms with van der Waals surface area (Å²) in [5.74, 6) is -0.161. The van der Waals surface area contributed by atoms with E-state index < -0.39 is 10.0 Å². The Bertz CT molecular complexity index is 603. The van der Waals surface area contributed by atoms with Gasteiger partial charge in [-0.3, -0.25) is 9.10 Å². The second-order valence-electron chi connectivity index (χ2n) is 5.57. The van der Waals surface area contributed by atoms with Crippen LogP contribution in [0.5, 0.6) is 0 Å². The van der Waals surface area contributed by atoms with Crippen molar-refractivity contribution in [3.63, 3.8) is 0 Å². The first-order chi connectivity index (χ1) is 10.7. The average Bonchev–Trinajstić information content (AvgIpc) is 2.44. The number of benzene rings is 1. The molecule has 130 valence electrons. The molecule has 6 nitrogen and oxygen atoms in total. The van der Waals surface area contributed by atoms with Gasteiger partial charge in [0.25, 0.3) is 0 Å². The molecule has 1 N–H and O–H groups in total. The lowest BCUT2D eigenvalue weighted by Gasteiger charge is -2.22. The highest BCUT2D eigenvalue weighted by molar-refractivity contribution is 7.92. The van der Waals surface area contributed by atoms with Gasteiger partial charge in [-0.25, -0.2) is 8.42 Å². The number of amides is 1. The normalized spacial score (nSPS) is 11.5. The van der Waals surface area contributed by atoms with E-state index in [1.165, 1.54) is 4.31 Å². The zero-order chi connectivity index (χ0) is 17.5. The zero-order valence-electron chi connectivity index (χ0n) is 13.8. The molecule has 1 amide bonds. The van der Waals surface area contributed by atoms with Crippen LogP contribution in [0.3, 0.4) is 0 Å². The summed E-state index contributed by atoms with van der Waals surface area (Å²) in [5.41, 5.74) is 0.498. The summed E-state index contributed by atoms with van der Waals surface area (Å²) in [6, 6.07) is 6.49. The largest absolute Gasteiger partial charge is 0.356 e. The molecular formula is C15H24ClN3O3S. The van der Waals surface area contributed by atoms with E-state index in [1.807, 2.05) is 19.0 Å². The topological polar surface area (TPSA) is 69.7 Å². The molecule has 0 saturated carbocycles. The number of carbonyl (C=O) groups excluding carboxylic acids is 1. The summed E-state index contributed by atoms with van der Waals surface area (Å²) in [4.78, 5) is 13.9. The fraction of sp³-hybridized carbons (Fsp3) is 0.533. The van der Waals surface area contributed by atoms with Crippen molar-refractivity contribution in [2.75, 3.05) is 44.3 Å². The van der Waals surface area contributed by atoms with Gasteiger partial charge >= 0.3 is 0 Å². The molecule has 0 radical (unpaired) electrons. The monoisotopic (exact) mass is 361 g/mol. The van der Waals surface area contributed by atoms with Gasteiger partial charge in [0.05, 0.1) is 11.9 Å². The van der Waals surface area contributed by atoms with Gasteiger partial charge in [-0.2, -0.15) is 0 Å². The molecule has 0 spiro atoms. The molecule has 0 aliphatic carbocycles. The van der Waals surface area contributed by atoms with Gasteiger partial charge < -0.3 is 10.2 Å². The van der Waals surface area contributed by atoms with Crippen LogP contribution >= 0.6 is 11.6 Å². The molecule has 1 aromatic rings. The van der Waals surface area contributed by atoms with E-state index in [9.17, 15) is 13.2 Å². The molecule has 0 bridgehead atoms. The van der Waals surface area contributed by atoms with E-state index >= 15 is 0 Å². The highest BCUT2D eigenvalue weighted by atomic mass is 35.5. The molecule has 0 saturated heterocycles. The Morgan fingerprint density at radius 1 is 1.17 bits per heavy atom. The first-order valence-electron chi connectivity index (χ1n) is 7.35. The van der Waals surface area contributed by atoms with Crippen molar-refractivity contribution in [1.29, 1.82) is 0 Å². The van der Waals surface area contributed by atoms with Crippen LogP contribution in [0.2, 0.25) is 5.02 Å². The number of nitrogens with zero attached hydrogens (tertiary/aromatic N) is 2. The van der Waals surface area contributed by atoms with E-state index in [1.54, 1.807) is 24.3 Å². The predicted octanol–water partition coefficient (Wildman–Crippen LogP) is 1.56. The third-order valence-corrected chi connectivity index (χ3v) is 4.61. The Kier molecular flexibility index (Phi) is 7.81. The number of nitrogens with one attached hydrogen (secondary N) is 1. The molecule has 0 aliphatic rings. The van der Waals surface area contributed by atoms with Gasteiger partial charge in [0.1, 0.15) is 0 Å². The van der Waals surface area contributed by atoms with Gasteiger partial charge in [-0.05, 0) is 51.3 Å². The van der Waals surface area contributed by atoms with Crippen LogP contribution in [0.25, 0.3) is 0 Å². The molecule has 0 fully saturated rings. The maximum atomic E-state index is 11.9. The van der Waals surface area contributed by atoms with Crippen molar-refractivity contribution in [3.8, 4) is 0 Å².